The highest BCUT2D eigenvalue weighted by molar-refractivity contribution is 7.98. The molecule has 0 atom stereocenters. The van der Waals surface area contributed by atoms with Crippen LogP contribution in [0.3, 0.4) is 0 Å². The summed E-state index contributed by atoms with van der Waals surface area (Å²) in [6.07, 6.45) is 0. The van der Waals surface area contributed by atoms with Crippen molar-refractivity contribution in [2.45, 2.75) is 24.8 Å². The van der Waals surface area contributed by atoms with Gasteiger partial charge in [-0.25, -0.2) is 4.98 Å². The second-order valence-electron chi connectivity index (χ2n) is 8.27. The standard InChI is InChI=1S/C27H21Cl2N5OS2/c1-16-10-11-19(12-17(16)2)30-26(35)23-14-36-24(31-23)15-37-27-33-32-25(21-8-3-4-9-22(21)29)34(27)20-7-5-6-18(28)13-20/h3-14H,15H2,1-2H3,(H,30,35). The van der Waals surface area contributed by atoms with Crippen molar-refractivity contribution >= 4 is 57.9 Å². The summed E-state index contributed by atoms with van der Waals surface area (Å²) in [5, 5.41) is 16.2. The lowest BCUT2D eigenvalue weighted by atomic mass is 10.1. The molecule has 10 heteroatoms. The van der Waals surface area contributed by atoms with Crippen molar-refractivity contribution in [2.75, 3.05) is 5.32 Å². The largest absolute Gasteiger partial charge is 0.321 e. The van der Waals surface area contributed by atoms with E-state index in [-0.39, 0.29) is 5.91 Å². The third-order valence-electron chi connectivity index (χ3n) is 5.69. The van der Waals surface area contributed by atoms with Gasteiger partial charge in [0.2, 0.25) is 0 Å². The number of nitrogens with zero attached hydrogens (tertiary/aromatic N) is 4. The fourth-order valence-electron chi connectivity index (χ4n) is 3.65. The number of aryl methyl sites for hydroxylation is 2. The molecule has 0 spiro atoms. The van der Waals surface area contributed by atoms with Gasteiger partial charge in [-0.15, -0.1) is 21.5 Å². The van der Waals surface area contributed by atoms with Gasteiger partial charge in [-0.2, -0.15) is 0 Å². The normalized spacial score (nSPS) is 11.0. The molecule has 3 aromatic carbocycles. The summed E-state index contributed by atoms with van der Waals surface area (Å²) in [5.41, 5.74) is 5.01. The first-order chi connectivity index (χ1) is 17.9. The predicted octanol–water partition coefficient (Wildman–Crippen LogP) is 7.86. The van der Waals surface area contributed by atoms with Crippen LogP contribution < -0.4 is 5.32 Å². The van der Waals surface area contributed by atoms with Crippen molar-refractivity contribution < 1.29 is 4.79 Å². The third-order valence-corrected chi connectivity index (χ3v) is 8.22. The van der Waals surface area contributed by atoms with Gasteiger partial charge in [-0.1, -0.05) is 59.2 Å². The number of nitrogens with one attached hydrogen (secondary N) is 1. The van der Waals surface area contributed by atoms with E-state index in [0.29, 0.717) is 32.5 Å². The molecule has 0 radical (unpaired) electrons. The summed E-state index contributed by atoms with van der Waals surface area (Å²) < 4.78 is 1.93. The topological polar surface area (TPSA) is 72.7 Å². The number of thiazole rings is 1. The van der Waals surface area contributed by atoms with Crippen LogP contribution in [0.15, 0.2) is 77.3 Å². The van der Waals surface area contributed by atoms with Gasteiger partial charge >= 0.3 is 0 Å². The van der Waals surface area contributed by atoms with Gasteiger partial charge in [0.25, 0.3) is 5.91 Å². The Labute approximate surface area is 232 Å². The van der Waals surface area contributed by atoms with Crippen LogP contribution in [0.2, 0.25) is 10.0 Å². The molecule has 0 fully saturated rings. The molecule has 2 aromatic heterocycles. The smallest absolute Gasteiger partial charge is 0.275 e. The number of aromatic nitrogens is 4. The number of halogens is 2. The minimum Gasteiger partial charge on any atom is -0.321 e. The van der Waals surface area contributed by atoms with Crippen LogP contribution >= 0.6 is 46.3 Å². The highest BCUT2D eigenvalue weighted by Crippen LogP contribution is 2.34. The van der Waals surface area contributed by atoms with Crippen molar-refractivity contribution in [2.24, 2.45) is 0 Å². The molecule has 1 amide bonds. The second-order valence-corrected chi connectivity index (χ2v) is 11.0. The van der Waals surface area contributed by atoms with Crippen LogP contribution in [-0.2, 0) is 5.75 Å². The predicted molar refractivity (Wildman–Crippen MR) is 152 cm³/mol. The number of hydrogen-bond donors (Lipinski definition) is 1. The fourth-order valence-corrected chi connectivity index (χ4v) is 5.80. The maximum atomic E-state index is 12.7. The zero-order valence-corrected chi connectivity index (χ0v) is 23.0. The first-order valence-electron chi connectivity index (χ1n) is 11.3. The third kappa shape index (κ3) is 5.72. The summed E-state index contributed by atoms with van der Waals surface area (Å²) in [6, 6.07) is 20.8. The number of amides is 1. The van der Waals surface area contributed by atoms with Crippen LogP contribution in [0.4, 0.5) is 5.69 Å². The van der Waals surface area contributed by atoms with Gasteiger partial charge in [0.1, 0.15) is 10.7 Å². The number of rotatable bonds is 7. The monoisotopic (exact) mass is 565 g/mol. The Kier molecular flexibility index (Phi) is 7.62. The molecule has 0 aliphatic carbocycles. The number of carbonyl (C=O) groups excluding carboxylic acids is 1. The molecule has 5 rings (SSSR count). The Morgan fingerprint density at radius 3 is 2.62 bits per heavy atom. The molecule has 0 unspecified atom stereocenters. The fraction of sp³-hybridized carbons (Fsp3) is 0.111. The molecule has 5 aromatic rings. The first-order valence-corrected chi connectivity index (χ1v) is 13.9. The van der Waals surface area contributed by atoms with Crippen LogP contribution in [0.1, 0.15) is 26.6 Å². The lowest BCUT2D eigenvalue weighted by Gasteiger charge is -2.11. The maximum Gasteiger partial charge on any atom is 0.275 e. The van der Waals surface area contributed by atoms with Crippen molar-refractivity contribution in [3.8, 4) is 17.1 Å². The summed E-state index contributed by atoms with van der Waals surface area (Å²) in [4.78, 5) is 17.3. The molecular weight excluding hydrogens is 545 g/mol. The van der Waals surface area contributed by atoms with Crippen LogP contribution in [-0.4, -0.2) is 25.7 Å². The molecule has 0 bridgehead atoms. The lowest BCUT2D eigenvalue weighted by Crippen LogP contribution is -2.12. The summed E-state index contributed by atoms with van der Waals surface area (Å²) in [7, 11) is 0. The van der Waals surface area contributed by atoms with Crippen molar-refractivity contribution in [1.82, 2.24) is 19.7 Å². The van der Waals surface area contributed by atoms with E-state index in [1.165, 1.54) is 28.7 Å². The lowest BCUT2D eigenvalue weighted by molar-refractivity contribution is 0.102. The van der Waals surface area contributed by atoms with Gasteiger partial charge in [-0.3, -0.25) is 9.36 Å². The summed E-state index contributed by atoms with van der Waals surface area (Å²) in [6.45, 7) is 4.05. The average Bonchev–Trinajstić information content (AvgIpc) is 3.53. The molecule has 6 nitrogen and oxygen atoms in total. The van der Waals surface area contributed by atoms with Crippen molar-refractivity contribution in [3.05, 3.63) is 104 Å². The van der Waals surface area contributed by atoms with Gasteiger partial charge in [0.05, 0.1) is 16.5 Å². The Bertz CT molecular complexity index is 1600. The van der Waals surface area contributed by atoms with Crippen LogP contribution in [0.5, 0.6) is 0 Å². The Morgan fingerprint density at radius 1 is 1.00 bits per heavy atom. The Morgan fingerprint density at radius 2 is 1.84 bits per heavy atom. The average molecular weight is 567 g/mol. The minimum absolute atomic E-state index is 0.237. The Balaban J connectivity index is 1.37. The van der Waals surface area contributed by atoms with Gasteiger partial charge in [0, 0.05) is 21.7 Å². The first kappa shape index (κ1) is 25.5. The Hall–Kier alpha value is -3.17. The minimum atomic E-state index is -0.237. The van der Waals surface area contributed by atoms with Crippen molar-refractivity contribution in [1.29, 1.82) is 0 Å². The van der Waals surface area contributed by atoms with E-state index in [9.17, 15) is 4.79 Å². The SMILES string of the molecule is Cc1ccc(NC(=O)c2csc(CSc3nnc(-c4ccccc4Cl)n3-c3cccc(Cl)c3)n2)cc1C. The van der Waals surface area contributed by atoms with Gasteiger partial charge in [0.15, 0.2) is 11.0 Å². The number of carbonyl (C=O) groups is 1. The second kappa shape index (κ2) is 11.1. The molecule has 37 heavy (non-hydrogen) atoms. The molecule has 186 valence electrons. The van der Waals surface area contributed by atoms with E-state index < -0.39 is 0 Å². The summed E-state index contributed by atoms with van der Waals surface area (Å²) >= 11 is 15.7. The quantitative estimate of drug-likeness (QED) is 0.203. The molecule has 0 saturated carbocycles. The molecule has 0 saturated heterocycles. The zero-order chi connectivity index (χ0) is 25.9. The van der Waals surface area contributed by atoms with E-state index >= 15 is 0 Å². The van der Waals surface area contributed by atoms with E-state index in [4.69, 9.17) is 23.2 Å². The van der Waals surface area contributed by atoms with Crippen molar-refractivity contribution in [3.63, 3.8) is 0 Å². The highest BCUT2D eigenvalue weighted by atomic mass is 35.5. The van der Waals surface area contributed by atoms with E-state index in [2.05, 4.69) is 20.5 Å². The number of benzene rings is 3. The summed E-state index contributed by atoms with van der Waals surface area (Å²) in [5.74, 6) is 0.893. The number of thioether (sulfide) groups is 1. The molecule has 2 heterocycles. The van der Waals surface area contributed by atoms with Gasteiger partial charge in [-0.05, 0) is 67.4 Å². The maximum absolute atomic E-state index is 12.7. The molecule has 0 aliphatic heterocycles. The van der Waals surface area contributed by atoms with E-state index in [0.717, 1.165) is 27.5 Å². The van der Waals surface area contributed by atoms with Crippen LogP contribution in [0.25, 0.3) is 17.1 Å². The zero-order valence-electron chi connectivity index (χ0n) is 19.9. The molecule has 0 aliphatic rings. The highest BCUT2D eigenvalue weighted by Gasteiger charge is 2.19. The van der Waals surface area contributed by atoms with E-state index in [1.54, 1.807) is 5.38 Å². The van der Waals surface area contributed by atoms with Crippen LogP contribution in [0, 0.1) is 13.8 Å². The molecule has 1 N–H and O–H groups in total. The van der Waals surface area contributed by atoms with Gasteiger partial charge < -0.3 is 5.32 Å². The molecular formula is C27H21Cl2N5OS2. The number of anilines is 1. The van der Waals surface area contributed by atoms with E-state index in [1.807, 2.05) is 85.1 Å². The number of hydrogen-bond acceptors (Lipinski definition) is 6.